The molecule has 0 aliphatic carbocycles. The number of nitrogens with zero attached hydrogens (tertiary/aromatic N) is 1. The van der Waals surface area contributed by atoms with Crippen molar-refractivity contribution in [1.29, 1.82) is 0 Å². The molecule has 0 fully saturated rings. The SMILES string of the molecule is Brc1ccc(-c2sc(I)c3c2OCCO3)cn1. The third-order valence-electron chi connectivity index (χ3n) is 2.35. The Balaban J connectivity index is 2.11. The molecule has 17 heavy (non-hydrogen) atoms. The normalized spacial score (nSPS) is 13.8. The molecule has 3 nitrogen and oxygen atoms in total. The van der Waals surface area contributed by atoms with Crippen LogP contribution in [0.4, 0.5) is 0 Å². The molecule has 0 unspecified atom stereocenters. The molecular weight excluding hydrogens is 417 g/mol. The van der Waals surface area contributed by atoms with Crippen LogP contribution in [-0.4, -0.2) is 18.2 Å². The molecule has 1 aliphatic rings. The van der Waals surface area contributed by atoms with Gasteiger partial charge in [0.2, 0.25) is 0 Å². The van der Waals surface area contributed by atoms with Gasteiger partial charge in [-0.1, -0.05) is 0 Å². The van der Waals surface area contributed by atoms with Crippen LogP contribution in [0.3, 0.4) is 0 Å². The molecule has 2 aromatic heterocycles. The van der Waals surface area contributed by atoms with Gasteiger partial charge in [-0.15, -0.1) is 11.3 Å². The molecule has 0 spiro atoms. The zero-order chi connectivity index (χ0) is 11.8. The third-order valence-corrected chi connectivity index (χ3v) is 4.96. The van der Waals surface area contributed by atoms with Gasteiger partial charge in [0, 0.05) is 11.8 Å². The number of thiophene rings is 1. The second-order valence-corrected chi connectivity index (χ2v) is 7.07. The van der Waals surface area contributed by atoms with E-state index in [-0.39, 0.29) is 0 Å². The van der Waals surface area contributed by atoms with Crippen molar-refractivity contribution in [2.45, 2.75) is 0 Å². The molecule has 3 heterocycles. The molecule has 0 saturated carbocycles. The minimum absolute atomic E-state index is 0.608. The van der Waals surface area contributed by atoms with Gasteiger partial charge < -0.3 is 9.47 Å². The van der Waals surface area contributed by atoms with Crippen molar-refractivity contribution < 1.29 is 9.47 Å². The molecule has 1 aliphatic heterocycles. The number of halogens is 2. The predicted molar refractivity (Wildman–Crippen MR) is 79.0 cm³/mol. The number of ether oxygens (including phenoxy) is 2. The summed E-state index contributed by atoms with van der Waals surface area (Å²) in [5.74, 6) is 1.73. The summed E-state index contributed by atoms with van der Waals surface area (Å²) in [4.78, 5) is 5.33. The van der Waals surface area contributed by atoms with Gasteiger partial charge >= 0.3 is 0 Å². The lowest BCUT2D eigenvalue weighted by Gasteiger charge is -2.16. The third kappa shape index (κ3) is 2.17. The summed E-state index contributed by atoms with van der Waals surface area (Å²) >= 11 is 7.28. The first kappa shape index (κ1) is 11.7. The van der Waals surface area contributed by atoms with Crippen LogP contribution < -0.4 is 9.47 Å². The Morgan fingerprint density at radius 3 is 2.71 bits per heavy atom. The minimum atomic E-state index is 0.608. The topological polar surface area (TPSA) is 31.4 Å². The summed E-state index contributed by atoms with van der Waals surface area (Å²) in [7, 11) is 0. The van der Waals surface area contributed by atoms with Crippen LogP contribution in [0, 0.1) is 2.88 Å². The average molecular weight is 424 g/mol. The number of fused-ring (bicyclic) bond motifs is 1. The van der Waals surface area contributed by atoms with Gasteiger partial charge in [0.1, 0.15) is 20.7 Å². The molecule has 3 rings (SSSR count). The monoisotopic (exact) mass is 423 g/mol. The summed E-state index contributed by atoms with van der Waals surface area (Å²) in [6.45, 7) is 1.23. The van der Waals surface area contributed by atoms with Crippen LogP contribution in [0.5, 0.6) is 11.5 Å². The van der Waals surface area contributed by atoms with Crippen molar-refractivity contribution in [2.75, 3.05) is 13.2 Å². The van der Waals surface area contributed by atoms with E-state index in [1.165, 1.54) is 0 Å². The van der Waals surface area contributed by atoms with Gasteiger partial charge in [0.05, 0.1) is 4.88 Å². The Kier molecular flexibility index (Phi) is 3.27. The Morgan fingerprint density at radius 2 is 2.00 bits per heavy atom. The Morgan fingerprint density at radius 1 is 1.24 bits per heavy atom. The van der Waals surface area contributed by atoms with Gasteiger partial charge in [-0.05, 0) is 50.7 Å². The van der Waals surface area contributed by atoms with Gasteiger partial charge in [-0.2, -0.15) is 0 Å². The van der Waals surface area contributed by atoms with E-state index in [1.807, 2.05) is 18.3 Å². The van der Waals surface area contributed by atoms with Gasteiger partial charge in [-0.3, -0.25) is 0 Å². The highest BCUT2D eigenvalue weighted by molar-refractivity contribution is 14.1. The summed E-state index contributed by atoms with van der Waals surface area (Å²) < 4.78 is 13.3. The Bertz CT molecular complexity index is 555. The molecule has 0 saturated heterocycles. The smallest absolute Gasteiger partial charge is 0.186 e. The van der Waals surface area contributed by atoms with Crippen molar-refractivity contribution in [3.05, 3.63) is 25.8 Å². The number of rotatable bonds is 1. The van der Waals surface area contributed by atoms with Crippen LogP contribution in [0.15, 0.2) is 22.9 Å². The second kappa shape index (κ2) is 4.74. The highest BCUT2D eigenvalue weighted by Gasteiger charge is 2.24. The fourth-order valence-corrected chi connectivity index (χ4v) is 3.82. The molecule has 6 heteroatoms. The van der Waals surface area contributed by atoms with Crippen molar-refractivity contribution in [3.63, 3.8) is 0 Å². The highest BCUT2D eigenvalue weighted by atomic mass is 127. The molecule has 0 amide bonds. The fraction of sp³-hybridized carbons (Fsp3) is 0.182. The van der Waals surface area contributed by atoms with Crippen LogP contribution in [0.1, 0.15) is 0 Å². The molecule has 2 aromatic rings. The van der Waals surface area contributed by atoms with E-state index in [0.717, 1.165) is 29.4 Å². The number of aromatic nitrogens is 1. The zero-order valence-corrected chi connectivity index (χ0v) is 13.1. The molecule has 0 radical (unpaired) electrons. The standard InChI is InChI=1S/C11H7BrINO2S/c12-7-2-1-6(5-14-7)10-8-9(11(13)17-10)16-4-3-15-8/h1-2,5H,3-4H2. The lowest BCUT2D eigenvalue weighted by molar-refractivity contribution is 0.173. The van der Waals surface area contributed by atoms with Crippen LogP contribution in [0.2, 0.25) is 0 Å². The van der Waals surface area contributed by atoms with E-state index in [9.17, 15) is 0 Å². The zero-order valence-electron chi connectivity index (χ0n) is 8.57. The van der Waals surface area contributed by atoms with Gasteiger partial charge in [0.25, 0.3) is 0 Å². The molecule has 0 atom stereocenters. The summed E-state index contributed by atoms with van der Waals surface area (Å²) in [6, 6.07) is 3.95. The van der Waals surface area contributed by atoms with Gasteiger partial charge in [0.15, 0.2) is 11.5 Å². The largest absolute Gasteiger partial charge is 0.485 e. The maximum Gasteiger partial charge on any atom is 0.186 e. The van der Waals surface area contributed by atoms with E-state index < -0.39 is 0 Å². The minimum Gasteiger partial charge on any atom is -0.485 e. The van der Waals surface area contributed by atoms with Crippen molar-refractivity contribution in [3.8, 4) is 21.9 Å². The molecule has 88 valence electrons. The first-order chi connectivity index (χ1) is 8.25. The molecular formula is C11H7BrINO2S. The highest BCUT2D eigenvalue weighted by Crippen LogP contribution is 2.49. The number of pyridine rings is 1. The number of hydrogen-bond acceptors (Lipinski definition) is 4. The first-order valence-electron chi connectivity index (χ1n) is 4.95. The van der Waals surface area contributed by atoms with E-state index in [2.05, 4.69) is 43.5 Å². The van der Waals surface area contributed by atoms with Crippen LogP contribution in [0.25, 0.3) is 10.4 Å². The molecule has 0 aromatic carbocycles. The Labute approximate surface area is 124 Å². The van der Waals surface area contributed by atoms with Crippen LogP contribution >= 0.6 is 49.9 Å². The molecule has 0 bridgehead atoms. The van der Waals surface area contributed by atoms with Crippen molar-refractivity contribution in [1.82, 2.24) is 4.98 Å². The summed E-state index contributed by atoms with van der Waals surface area (Å²) in [6.07, 6.45) is 1.84. The maximum absolute atomic E-state index is 5.70. The predicted octanol–water partition coefficient (Wildman–Crippen LogP) is 3.95. The van der Waals surface area contributed by atoms with Crippen molar-refractivity contribution >= 4 is 49.9 Å². The lowest BCUT2D eigenvalue weighted by atomic mass is 10.2. The lowest BCUT2D eigenvalue weighted by Crippen LogP contribution is -2.14. The van der Waals surface area contributed by atoms with E-state index in [1.54, 1.807) is 11.3 Å². The first-order valence-corrected chi connectivity index (χ1v) is 7.64. The fourth-order valence-electron chi connectivity index (χ4n) is 1.62. The van der Waals surface area contributed by atoms with Crippen LogP contribution in [-0.2, 0) is 0 Å². The average Bonchev–Trinajstić information content (AvgIpc) is 2.69. The molecule has 0 N–H and O–H groups in total. The summed E-state index contributed by atoms with van der Waals surface area (Å²) in [5, 5.41) is 0. The van der Waals surface area contributed by atoms with E-state index >= 15 is 0 Å². The van der Waals surface area contributed by atoms with E-state index in [0.29, 0.717) is 13.2 Å². The quantitative estimate of drug-likeness (QED) is 0.514. The Hall–Kier alpha value is -0.340. The van der Waals surface area contributed by atoms with Crippen molar-refractivity contribution in [2.24, 2.45) is 0 Å². The maximum atomic E-state index is 5.70. The number of hydrogen-bond donors (Lipinski definition) is 0. The second-order valence-electron chi connectivity index (χ2n) is 3.43. The summed E-state index contributed by atoms with van der Waals surface area (Å²) in [5.41, 5.74) is 1.06. The van der Waals surface area contributed by atoms with E-state index in [4.69, 9.17) is 9.47 Å². The van der Waals surface area contributed by atoms with Gasteiger partial charge in [-0.25, -0.2) is 4.98 Å².